The third kappa shape index (κ3) is 3.06. The van der Waals surface area contributed by atoms with Gasteiger partial charge in [0.2, 0.25) is 0 Å². The molecule has 1 aromatic heterocycles. The molecule has 0 spiro atoms. The Labute approximate surface area is 115 Å². The van der Waals surface area contributed by atoms with Crippen molar-refractivity contribution >= 4 is 11.7 Å². The van der Waals surface area contributed by atoms with Crippen LogP contribution in [0.25, 0.3) is 0 Å². The lowest BCUT2D eigenvalue weighted by Crippen LogP contribution is -2.38. The standard InChI is InChI=1S/C15H23N3O/c1-4-16-14-10-12(7-8-17-14)15(19)18-9-5-6-13(18)11(2)3/h7-8,10-11,13H,4-6,9H2,1-3H3,(H,16,17). The van der Waals surface area contributed by atoms with Gasteiger partial charge in [-0.05, 0) is 37.8 Å². The Balaban J connectivity index is 2.16. The molecular weight excluding hydrogens is 238 g/mol. The van der Waals surface area contributed by atoms with E-state index in [4.69, 9.17) is 0 Å². The highest BCUT2D eigenvalue weighted by atomic mass is 16.2. The number of rotatable bonds is 4. The first kappa shape index (κ1) is 13.8. The Bertz CT molecular complexity index is 445. The molecule has 4 heteroatoms. The van der Waals surface area contributed by atoms with Crippen molar-refractivity contribution in [3.63, 3.8) is 0 Å². The Kier molecular flexibility index (Phi) is 4.40. The van der Waals surface area contributed by atoms with Crippen molar-refractivity contribution in [2.45, 2.75) is 39.7 Å². The molecule has 1 amide bonds. The number of nitrogens with zero attached hydrogens (tertiary/aromatic N) is 2. The van der Waals surface area contributed by atoms with Crippen LogP contribution in [0.4, 0.5) is 5.82 Å². The Hall–Kier alpha value is -1.58. The van der Waals surface area contributed by atoms with Crippen molar-refractivity contribution in [2.75, 3.05) is 18.4 Å². The topological polar surface area (TPSA) is 45.2 Å². The quantitative estimate of drug-likeness (QED) is 0.906. The summed E-state index contributed by atoms with van der Waals surface area (Å²) >= 11 is 0. The van der Waals surface area contributed by atoms with E-state index >= 15 is 0 Å². The molecule has 4 nitrogen and oxygen atoms in total. The SMILES string of the molecule is CCNc1cc(C(=O)N2CCCC2C(C)C)ccn1. The van der Waals surface area contributed by atoms with Crippen LogP contribution in [0, 0.1) is 5.92 Å². The van der Waals surface area contributed by atoms with Gasteiger partial charge in [-0.2, -0.15) is 0 Å². The second kappa shape index (κ2) is 6.04. The fourth-order valence-electron chi connectivity index (χ4n) is 2.74. The molecule has 0 bridgehead atoms. The van der Waals surface area contributed by atoms with E-state index in [1.54, 1.807) is 12.3 Å². The molecule has 1 aliphatic heterocycles. The first-order chi connectivity index (χ1) is 9.13. The number of hydrogen-bond donors (Lipinski definition) is 1. The average Bonchev–Trinajstić information content (AvgIpc) is 2.88. The zero-order chi connectivity index (χ0) is 13.8. The largest absolute Gasteiger partial charge is 0.370 e. The van der Waals surface area contributed by atoms with E-state index in [0.717, 1.165) is 37.3 Å². The fraction of sp³-hybridized carbons (Fsp3) is 0.600. The molecule has 0 aliphatic carbocycles. The van der Waals surface area contributed by atoms with Crippen LogP contribution in [-0.2, 0) is 0 Å². The van der Waals surface area contributed by atoms with E-state index in [9.17, 15) is 4.79 Å². The van der Waals surface area contributed by atoms with E-state index in [0.29, 0.717) is 12.0 Å². The maximum atomic E-state index is 12.6. The monoisotopic (exact) mass is 261 g/mol. The van der Waals surface area contributed by atoms with Gasteiger partial charge in [0.15, 0.2) is 0 Å². The molecule has 0 saturated carbocycles. The molecule has 2 heterocycles. The summed E-state index contributed by atoms with van der Waals surface area (Å²) < 4.78 is 0. The van der Waals surface area contributed by atoms with E-state index in [1.165, 1.54) is 0 Å². The van der Waals surface area contributed by atoms with Crippen LogP contribution in [0.2, 0.25) is 0 Å². The summed E-state index contributed by atoms with van der Waals surface area (Å²) in [6, 6.07) is 4.03. The second-order valence-electron chi connectivity index (χ2n) is 5.41. The molecule has 1 N–H and O–H groups in total. The zero-order valence-electron chi connectivity index (χ0n) is 12.0. The van der Waals surface area contributed by atoms with Crippen LogP contribution in [-0.4, -0.2) is 34.9 Å². The number of pyridine rings is 1. The van der Waals surface area contributed by atoms with Crippen LogP contribution in [0.1, 0.15) is 44.0 Å². The Morgan fingerprint density at radius 3 is 3.05 bits per heavy atom. The van der Waals surface area contributed by atoms with Crippen LogP contribution in [0.5, 0.6) is 0 Å². The number of carbonyl (C=O) groups excluding carboxylic acids is 1. The molecule has 1 unspecified atom stereocenters. The minimum absolute atomic E-state index is 0.137. The van der Waals surface area contributed by atoms with Crippen molar-refractivity contribution in [1.82, 2.24) is 9.88 Å². The predicted molar refractivity (Wildman–Crippen MR) is 77.3 cm³/mol. The number of anilines is 1. The van der Waals surface area contributed by atoms with Crippen LogP contribution in [0.3, 0.4) is 0 Å². The summed E-state index contributed by atoms with van der Waals surface area (Å²) in [5.74, 6) is 1.42. The van der Waals surface area contributed by atoms with Gasteiger partial charge in [-0.3, -0.25) is 4.79 Å². The van der Waals surface area contributed by atoms with Gasteiger partial charge < -0.3 is 10.2 Å². The highest BCUT2D eigenvalue weighted by Crippen LogP contribution is 2.25. The molecule has 19 heavy (non-hydrogen) atoms. The van der Waals surface area contributed by atoms with Crippen molar-refractivity contribution in [2.24, 2.45) is 5.92 Å². The summed E-state index contributed by atoms with van der Waals surface area (Å²) in [5, 5.41) is 3.15. The van der Waals surface area contributed by atoms with E-state index in [2.05, 4.69) is 24.1 Å². The molecule has 2 rings (SSSR count). The molecule has 0 aromatic carbocycles. The van der Waals surface area contributed by atoms with Crippen molar-refractivity contribution in [3.05, 3.63) is 23.9 Å². The maximum Gasteiger partial charge on any atom is 0.254 e. The van der Waals surface area contributed by atoms with Crippen molar-refractivity contribution in [1.29, 1.82) is 0 Å². The van der Waals surface area contributed by atoms with Gasteiger partial charge in [-0.25, -0.2) is 4.98 Å². The lowest BCUT2D eigenvalue weighted by atomic mass is 10.0. The van der Waals surface area contributed by atoms with Crippen molar-refractivity contribution in [3.8, 4) is 0 Å². The summed E-state index contributed by atoms with van der Waals surface area (Å²) in [6.45, 7) is 8.08. The van der Waals surface area contributed by atoms with Gasteiger partial charge >= 0.3 is 0 Å². The number of likely N-dealkylation sites (tertiary alicyclic amines) is 1. The molecule has 1 aromatic rings. The minimum Gasteiger partial charge on any atom is -0.370 e. The van der Waals surface area contributed by atoms with Gasteiger partial charge in [-0.1, -0.05) is 13.8 Å². The first-order valence-corrected chi connectivity index (χ1v) is 7.14. The normalized spacial score (nSPS) is 18.9. The lowest BCUT2D eigenvalue weighted by Gasteiger charge is -2.27. The maximum absolute atomic E-state index is 12.6. The molecule has 1 saturated heterocycles. The highest BCUT2D eigenvalue weighted by molar-refractivity contribution is 5.95. The average molecular weight is 261 g/mol. The van der Waals surface area contributed by atoms with Crippen LogP contribution in [0.15, 0.2) is 18.3 Å². The van der Waals surface area contributed by atoms with Gasteiger partial charge in [-0.15, -0.1) is 0 Å². The number of amides is 1. The fourth-order valence-corrected chi connectivity index (χ4v) is 2.74. The Morgan fingerprint density at radius 2 is 2.37 bits per heavy atom. The van der Waals surface area contributed by atoms with E-state index in [-0.39, 0.29) is 5.91 Å². The van der Waals surface area contributed by atoms with Crippen molar-refractivity contribution < 1.29 is 4.79 Å². The number of hydrogen-bond acceptors (Lipinski definition) is 3. The zero-order valence-corrected chi connectivity index (χ0v) is 12.0. The van der Waals surface area contributed by atoms with E-state index < -0.39 is 0 Å². The van der Waals surface area contributed by atoms with Gasteiger partial charge in [0.1, 0.15) is 5.82 Å². The summed E-state index contributed by atoms with van der Waals surface area (Å²) in [5.41, 5.74) is 0.735. The van der Waals surface area contributed by atoms with Crippen LogP contribution >= 0.6 is 0 Å². The summed E-state index contributed by atoms with van der Waals surface area (Å²) in [6.07, 6.45) is 3.93. The lowest BCUT2D eigenvalue weighted by molar-refractivity contribution is 0.0701. The van der Waals surface area contributed by atoms with Gasteiger partial charge in [0, 0.05) is 30.9 Å². The highest BCUT2D eigenvalue weighted by Gasteiger charge is 2.31. The third-order valence-corrected chi connectivity index (χ3v) is 3.69. The summed E-state index contributed by atoms with van der Waals surface area (Å²) in [4.78, 5) is 18.8. The molecular formula is C15H23N3O. The number of carbonyl (C=O) groups is 1. The minimum atomic E-state index is 0.137. The summed E-state index contributed by atoms with van der Waals surface area (Å²) in [7, 11) is 0. The molecule has 1 aliphatic rings. The second-order valence-corrected chi connectivity index (χ2v) is 5.41. The molecule has 0 radical (unpaired) electrons. The predicted octanol–water partition coefficient (Wildman–Crippen LogP) is 2.77. The smallest absolute Gasteiger partial charge is 0.254 e. The Morgan fingerprint density at radius 1 is 1.58 bits per heavy atom. The van der Waals surface area contributed by atoms with Crippen LogP contribution < -0.4 is 5.32 Å². The molecule has 104 valence electrons. The third-order valence-electron chi connectivity index (χ3n) is 3.69. The molecule has 1 atom stereocenters. The number of nitrogens with one attached hydrogen (secondary N) is 1. The van der Waals surface area contributed by atoms with E-state index in [1.807, 2.05) is 17.9 Å². The van der Waals surface area contributed by atoms with Gasteiger partial charge in [0.05, 0.1) is 0 Å². The molecule has 1 fully saturated rings. The van der Waals surface area contributed by atoms with Gasteiger partial charge in [0.25, 0.3) is 5.91 Å². The first-order valence-electron chi connectivity index (χ1n) is 7.14. The number of aromatic nitrogens is 1.